The zero-order chi connectivity index (χ0) is 14.8. The molecule has 0 spiro atoms. The van der Waals surface area contributed by atoms with Gasteiger partial charge in [0.15, 0.2) is 17.6 Å². The molecule has 0 amide bonds. The van der Waals surface area contributed by atoms with Gasteiger partial charge in [-0.3, -0.25) is 4.79 Å². The van der Waals surface area contributed by atoms with Crippen LogP contribution in [0.5, 0.6) is 17.2 Å². The molecule has 0 aromatic heterocycles. The van der Waals surface area contributed by atoms with Crippen molar-refractivity contribution in [2.45, 2.75) is 6.10 Å². The van der Waals surface area contributed by atoms with Gasteiger partial charge in [-0.1, -0.05) is 23.7 Å². The molecule has 1 heterocycles. The Bertz CT molecular complexity index is 684. The number of hydrogen-bond donors (Lipinski definition) is 0. The summed E-state index contributed by atoms with van der Waals surface area (Å²) in [5.74, 6) is 1.51. The van der Waals surface area contributed by atoms with Crippen molar-refractivity contribution in [3.05, 3.63) is 53.1 Å². The Morgan fingerprint density at radius 2 is 2.00 bits per heavy atom. The number of fused-ring (bicyclic) bond motifs is 1. The van der Waals surface area contributed by atoms with E-state index in [0.29, 0.717) is 27.8 Å². The summed E-state index contributed by atoms with van der Waals surface area (Å²) in [5.41, 5.74) is 0.476. The lowest BCUT2D eigenvalue weighted by Gasteiger charge is -2.25. The molecular weight excluding hydrogens is 292 g/mol. The number of methoxy groups -OCH3 is 1. The number of halogens is 1. The van der Waals surface area contributed by atoms with E-state index in [-0.39, 0.29) is 12.4 Å². The molecule has 3 rings (SSSR count). The van der Waals surface area contributed by atoms with Gasteiger partial charge < -0.3 is 14.2 Å². The number of para-hydroxylation sites is 2. The van der Waals surface area contributed by atoms with Crippen molar-refractivity contribution in [1.82, 2.24) is 0 Å². The molecule has 21 heavy (non-hydrogen) atoms. The van der Waals surface area contributed by atoms with Crippen LogP contribution in [0.2, 0.25) is 5.02 Å². The second-order valence-corrected chi connectivity index (χ2v) is 4.99. The number of carbonyl (C=O) groups excluding carboxylic acids is 1. The third-order valence-electron chi connectivity index (χ3n) is 3.24. The van der Waals surface area contributed by atoms with E-state index < -0.39 is 6.10 Å². The second kappa shape index (κ2) is 5.66. The molecule has 4 nitrogen and oxygen atoms in total. The van der Waals surface area contributed by atoms with Gasteiger partial charge in [-0.25, -0.2) is 0 Å². The summed E-state index contributed by atoms with van der Waals surface area (Å²) < 4.78 is 16.4. The molecule has 1 aliphatic heterocycles. The lowest BCUT2D eigenvalue weighted by Crippen LogP contribution is -2.36. The molecule has 1 unspecified atom stereocenters. The maximum Gasteiger partial charge on any atom is 0.207 e. The van der Waals surface area contributed by atoms with Crippen LogP contribution in [0.25, 0.3) is 0 Å². The molecular formula is C16H13ClO4. The quantitative estimate of drug-likeness (QED) is 0.816. The number of ether oxygens (including phenoxy) is 3. The van der Waals surface area contributed by atoms with Crippen LogP contribution in [-0.2, 0) is 0 Å². The smallest absolute Gasteiger partial charge is 0.207 e. The molecule has 0 radical (unpaired) electrons. The van der Waals surface area contributed by atoms with Crippen LogP contribution < -0.4 is 14.2 Å². The van der Waals surface area contributed by atoms with Crippen LogP contribution in [0.4, 0.5) is 0 Å². The minimum absolute atomic E-state index is 0.167. The van der Waals surface area contributed by atoms with Crippen molar-refractivity contribution in [1.29, 1.82) is 0 Å². The molecule has 0 bridgehead atoms. The van der Waals surface area contributed by atoms with Crippen molar-refractivity contribution in [2.24, 2.45) is 0 Å². The number of Topliss-reactive ketones (excluding diaryl/α,β-unsaturated/α-hetero) is 1. The Morgan fingerprint density at radius 3 is 2.76 bits per heavy atom. The standard InChI is InChI=1S/C16H13ClO4/c1-19-14-8-10(6-7-11(14)17)16(18)15-9-20-12-4-2-3-5-13(12)21-15/h2-8,15H,9H2,1H3. The summed E-state index contributed by atoms with van der Waals surface area (Å²) in [6, 6.07) is 12.2. The lowest BCUT2D eigenvalue weighted by atomic mass is 10.1. The molecule has 1 atom stereocenters. The number of ketones is 1. The maximum atomic E-state index is 12.5. The third-order valence-corrected chi connectivity index (χ3v) is 3.55. The van der Waals surface area contributed by atoms with Crippen LogP contribution in [0, 0.1) is 0 Å². The molecule has 5 heteroatoms. The predicted molar refractivity (Wildman–Crippen MR) is 78.7 cm³/mol. The van der Waals surface area contributed by atoms with Crippen molar-refractivity contribution in [3.63, 3.8) is 0 Å². The molecule has 0 N–H and O–H groups in total. The topological polar surface area (TPSA) is 44.8 Å². The van der Waals surface area contributed by atoms with Crippen LogP contribution in [0.15, 0.2) is 42.5 Å². The fraction of sp³-hybridized carbons (Fsp3) is 0.188. The van der Waals surface area contributed by atoms with E-state index in [9.17, 15) is 4.79 Å². The Balaban J connectivity index is 1.84. The Kier molecular flexibility index (Phi) is 3.71. The van der Waals surface area contributed by atoms with E-state index in [0.717, 1.165) is 0 Å². The van der Waals surface area contributed by atoms with E-state index in [4.69, 9.17) is 25.8 Å². The Labute approximate surface area is 127 Å². The summed E-state index contributed by atoms with van der Waals surface area (Å²) in [6.45, 7) is 0.181. The molecule has 0 fully saturated rings. The minimum atomic E-state index is -0.675. The van der Waals surface area contributed by atoms with Gasteiger partial charge in [0.2, 0.25) is 5.78 Å². The third kappa shape index (κ3) is 2.67. The summed E-state index contributed by atoms with van der Waals surface area (Å²) in [5, 5.41) is 0.459. The first-order valence-electron chi connectivity index (χ1n) is 6.45. The largest absolute Gasteiger partial charge is 0.495 e. The second-order valence-electron chi connectivity index (χ2n) is 4.58. The molecule has 2 aromatic carbocycles. The fourth-order valence-corrected chi connectivity index (χ4v) is 2.34. The monoisotopic (exact) mass is 304 g/mol. The number of hydrogen-bond acceptors (Lipinski definition) is 4. The normalized spacial score (nSPS) is 16.4. The van der Waals surface area contributed by atoms with Crippen LogP contribution in [0.1, 0.15) is 10.4 Å². The van der Waals surface area contributed by atoms with Crippen molar-refractivity contribution < 1.29 is 19.0 Å². The number of benzene rings is 2. The van der Waals surface area contributed by atoms with E-state index in [1.54, 1.807) is 30.3 Å². The highest BCUT2D eigenvalue weighted by molar-refractivity contribution is 6.32. The van der Waals surface area contributed by atoms with Gasteiger partial charge >= 0.3 is 0 Å². The van der Waals surface area contributed by atoms with E-state index in [1.807, 2.05) is 12.1 Å². The number of rotatable bonds is 3. The molecule has 108 valence electrons. The van der Waals surface area contributed by atoms with Gasteiger partial charge in [-0.15, -0.1) is 0 Å². The van der Waals surface area contributed by atoms with Gasteiger partial charge in [0.25, 0.3) is 0 Å². The van der Waals surface area contributed by atoms with Crippen LogP contribution >= 0.6 is 11.6 Å². The van der Waals surface area contributed by atoms with E-state index >= 15 is 0 Å². The maximum absolute atomic E-state index is 12.5. The SMILES string of the molecule is COc1cc(C(=O)C2COc3ccccc3O2)ccc1Cl. The molecule has 0 aliphatic carbocycles. The van der Waals surface area contributed by atoms with Gasteiger partial charge in [0, 0.05) is 5.56 Å². The summed E-state index contributed by atoms with van der Waals surface area (Å²) in [7, 11) is 1.51. The lowest BCUT2D eigenvalue weighted by molar-refractivity contribution is 0.0585. The molecule has 0 saturated heterocycles. The van der Waals surface area contributed by atoms with Crippen molar-refractivity contribution in [2.75, 3.05) is 13.7 Å². The van der Waals surface area contributed by atoms with Crippen molar-refractivity contribution in [3.8, 4) is 17.2 Å². The van der Waals surface area contributed by atoms with E-state index in [1.165, 1.54) is 7.11 Å². The Hall–Kier alpha value is -2.20. The van der Waals surface area contributed by atoms with Gasteiger partial charge in [-0.2, -0.15) is 0 Å². The summed E-state index contributed by atoms with van der Waals surface area (Å²) in [6.07, 6.45) is -0.675. The van der Waals surface area contributed by atoms with Crippen LogP contribution in [-0.4, -0.2) is 25.6 Å². The van der Waals surface area contributed by atoms with Crippen molar-refractivity contribution >= 4 is 17.4 Å². The average molecular weight is 305 g/mol. The first-order chi connectivity index (χ1) is 10.2. The first kappa shape index (κ1) is 13.8. The van der Waals surface area contributed by atoms with Crippen LogP contribution in [0.3, 0.4) is 0 Å². The average Bonchev–Trinajstić information content (AvgIpc) is 2.54. The minimum Gasteiger partial charge on any atom is -0.495 e. The van der Waals surface area contributed by atoms with E-state index in [2.05, 4.69) is 0 Å². The highest BCUT2D eigenvalue weighted by atomic mass is 35.5. The van der Waals surface area contributed by atoms with Gasteiger partial charge in [0.05, 0.1) is 12.1 Å². The molecule has 0 saturated carbocycles. The zero-order valence-electron chi connectivity index (χ0n) is 11.3. The summed E-state index contributed by atoms with van der Waals surface area (Å²) in [4.78, 5) is 12.5. The first-order valence-corrected chi connectivity index (χ1v) is 6.83. The molecule has 1 aliphatic rings. The highest BCUT2D eigenvalue weighted by Gasteiger charge is 2.28. The number of carbonyl (C=O) groups is 1. The highest BCUT2D eigenvalue weighted by Crippen LogP contribution is 2.32. The predicted octanol–water partition coefficient (Wildman–Crippen LogP) is 3.37. The Morgan fingerprint density at radius 1 is 1.24 bits per heavy atom. The zero-order valence-corrected chi connectivity index (χ0v) is 12.1. The fourth-order valence-electron chi connectivity index (χ4n) is 2.15. The molecule has 2 aromatic rings. The summed E-state index contributed by atoms with van der Waals surface area (Å²) >= 11 is 5.96. The van der Waals surface area contributed by atoms with Gasteiger partial charge in [-0.05, 0) is 30.3 Å². The van der Waals surface area contributed by atoms with Gasteiger partial charge in [0.1, 0.15) is 12.4 Å².